The summed E-state index contributed by atoms with van der Waals surface area (Å²) >= 11 is 0. The van der Waals surface area contributed by atoms with E-state index >= 15 is 0 Å². The molecule has 0 radical (unpaired) electrons. The minimum Gasteiger partial charge on any atom is -0.369 e. The Bertz CT molecular complexity index is 664. The number of allylic oxidation sites excluding steroid dienone is 1. The smallest absolute Gasteiger partial charge is 0.155 e. The van der Waals surface area contributed by atoms with Gasteiger partial charge in [0, 0.05) is 17.8 Å². The van der Waals surface area contributed by atoms with Crippen LogP contribution < -0.4 is 0 Å². The van der Waals surface area contributed by atoms with Crippen molar-refractivity contribution < 1.29 is 14.3 Å². The van der Waals surface area contributed by atoms with Gasteiger partial charge in [0.25, 0.3) is 0 Å². The monoisotopic (exact) mass is 328 g/mol. The summed E-state index contributed by atoms with van der Waals surface area (Å²) in [4.78, 5) is 24.2. The van der Waals surface area contributed by atoms with Gasteiger partial charge >= 0.3 is 0 Å². The molecule has 3 nitrogen and oxygen atoms in total. The Morgan fingerprint density at radius 2 is 2.00 bits per heavy atom. The first-order chi connectivity index (χ1) is 11.4. The highest BCUT2D eigenvalue weighted by molar-refractivity contribution is 5.91. The zero-order valence-electron chi connectivity index (χ0n) is 15.0. The maximum atomic E-state index is 12.3. The fraction of sp³-hybridized carbons (Fsp3) is 0.810. The highest BCUT2D eigenvalue weighted by atomic mass is 16.6. The molecule has 0 aromatic carbocycles. The van der Waals surface area contributed by atoms with Gasteiger partial charge in [-0.05, 0) is 68.3 Å². The molecule has 1 aliphatic heterocycles. The Morgan fingerprint density at radius 3 is 2.75 bits per heavy atom. The van der Waals surface area contributed by atoms with E-state index in [1.165, 1.54) is 18.4 Å². The van der Waals surface area contributed by atoms with Gasteiger partial charge in [0.1, 0.15) is 5.78 Å². The number of ketones is 2. The lowest BCUT2D eigenvalue weighted by Gasteiger charge is -2.56. The molecule has 24 heavy (non-hydrogen) atoms. The lowest BCUT2D eigenvalue weighted by Crippen LogP contribution is -2.55. The quantitative estimate of drug-likeness (QED) is 0.689. The van der Waals surface area contributed by atoms with Gasteiger partial charge in [-0.2, -0.15) is 0 Å². The third-order valence-electron chi connectivity index (χ3n) is 8.72. The predicted octanol–water partition coefficient (Wildman–Crippen LogP) is 3.71. The van der Waals surface area contributed by atoms with Gasteiger partial charge in [-0.3, -0.25) is 9.59 Å². The minimum absolute atomic E-state index is 0.0553. The highest BCUT2D eigenvalue weighted by Gasteiger charge is 2.73. The Labute approximate surface area is 144 Å². The molecule has 1 saturated heterocycles. The number of carbonyl (C=O) groups is 2. The normalized spacial score (nSPS) is 55.0. The molecule has 8 atom stereocenters. The van der Waals surface area contributed by atoms with Crippen LogP contribution in [0.15, 0.2) is 11.6 Å². The SMILES string of the molecule is CC(=O)[C@H]1CC[C@H]2[C@@H]3CCC4=CC(=O)CC[C@]4(C)[C@H]3[C@H]3O[C@H]3[C@]12C. The molecular weight excluding hydrogens is 300 g/mol. The number of hydrogen-bond acceptors (Lipinski definition) is 3. The molecule has 0 aromatic heterocycles. The molecule has 0 amide bonds. The van der Waals surface area contributed by atoms with E-state index in [0.717, 1.165) is 19.3 Å². The number of ether oxygens (including phenoxy) is 1. The number of epoxide rings is 1. The van der Waals surface area contributed by atoms with E-state index < -0.39 is 0 Å². The molecule has 0 bridgehead atoms. The van der Waals surface area contributed by atoms with E-state index in [2.05, 4.69) is 13.8 Å². The van der Waals surface area contributed by atoms with Crippen molar-refractivity contribution in [1.29, 1.82) is 0 Å². The Morgan fingerprint density at radius 1 is 1.21 bits per heavy atom. The Hall–Kier alpha value is -0.960. The molecule has 1 heterocycles. The third kappa shape index (κ3) is 1.67. The average Bonchev–Trinajstić information content (AvgIpc) is 3.24. The van der Waals surface area contributed by atoms with Crippen molar-refractivity contribution in [1.82, 2.24) is 0 Å². The van der Waals surface area contributed by atoms with Gasteiger partial charge in [-0.15, -0.1) is 0 Å². The summed E-state index contributed by atoms with van der Waals surface area (Å²) in [7, 11) is 0. The van der Waals surface area contributed by atoms with Gasteiger partial charge in [0.15, 0.2) is 5.78 Å². The summed E-state index contributed by atoms with van der Waals surface area (Å²) < 4.78 is 6.32. The van der Waals surface area contributed by atoms with Crippen LogP contribution in [-0.2, 0) is 14.3 Å². The standard InChI is InChI=1S/C21H28O3/c1-11(22)15-6-7-16-14-5-4-12-10-13(23)8-9-20(12,2)17(14)18-19(24-18)21(15,16)3/h10,14-19H,4-9H2,1-3H3/t14-,15+,16-,17+,18+,19+,20-,21+/m0/s1. The van der Waals surface area contributed by atoms with E-state index in [4.69, 9.17) is 4.74 Å². The second kappa shape index (κ2) is 4.60. The average molecular weight is 328 g/mol. The second-order valence-corrected chi connectivity index (χ2v) is 9.52. The van der Waals surface area contributed by atoms with Crippen LogP contribution in [0.1, 0.15) is 59.3 Å². The first-order valence-electron chi connectivity index (χ1n) is 9.77. The Kier molecular flexibility index (Phi) is 2.94. The predicted molar refractivity (Wildman–Crippen MR) is 90.3 cm³/mol. The van der Waals surface area contributed by atoms with E-state index in [9.17, 15) is 9.59 Å². The minimum atomic E-state index is 0.0553. The third-order valence-corrected chi connectivity index (χ3v) is 8.72. The van der Waals surface area contributed by atoms with Crippen LogP contribution in [0.5, 0.6) is 0 Å². The second-order valence-electron chi connectivity index (χ2n) is 9.52. The Balaban J connectivity index is 1.56. The summed E-state index contributed by atoms with van der Waals surface area (Å²) in [5, 5.41) is 0. The molecule has 0 unspecified atom stereocenters. The van der Waals surface area contributed by atoms with Crippen LogP contribution in [0, 0.1) is 34.5 Å². The zero-order valence-corrected chi connectivity index (χ0v) is 15.0. The maximum absolute atomic E-state index is 12.3. The summed E-state index contributed by atoms with van der Waals surface area (Å²) in [6.07, 6.45) is 8.70. The summed E-state index contributed by atoms with van der Waals surface area (Å²) in [5.41, 5.74) is 1.59. The summed E-state index contributed by atoms with van der Waals surface area (Å²) in [5.74, 6) is 2.70. The number of rotatable bonds is 1. The van der Waals surface area contributed by atoms with Crippen LogP contribution in [0.4, 0.5) is 0 Å². The lowest BCUT2D eigenvalue weighted by molar-refractivity contribution is -0.127. The first-order valence-corrected chi connectivity index (χ1v) is 9.77. The van der Waals surface area contributed by atoms with Crippen molar-refractivity contribution in [2.24, 2.45) is 34.5 Å². The van der Waals surface area contributed by atoms with Gasteiger partial charge in [-0.25, -0.2) is 0 Å². The number of carbonyl (C=O) groups excluding carboxylic acids is 2. The molecule has 4 aliphatic carbocycles. The van der Waals surface area contributed by atoms with Crippen molar-refractivity contribution in [3.05, 3.63) is 11.6 Å². The largest absolute Gasteiger partial charge is 0.369 e. The van der Waals surface area contributed by atoms with Crippen molar-refractivity contribution in [3.63, 3.8) is 0 Å². The van der Waals surface area contributed by atoms with Crippen LogP contribution in [-0.4, -0.2) is 23.8 Å². The van der Waals surface area contributed by atoms with Gasteiger partial charge in [-0.1, -0.05) is 19.4 Å². The van der Waals surface area contributed by atoms with Crippen LogP contribution in [0.2, 0.25) is 0 Å². The van der Waals surface area contributed by atoms with Crippen LogP contribution in [0.3, 0.4) is 0 Å². The van der Waals surface area contributed by atoms with E-state index in [0.29, 0.717) is 41.8 Å². The molecule has 0 aromatic rings. The van der Waals surface area contributed by atoms with E-state index in [1.807, 2.05) is 6.08 Å². The highest BCUT2D eigenvalue weighted by Crippen LogP contribution is 2.71. The molecule has 0 spiro atoms. The lowest BCUT2D eigenvalue weighted by atomic mass is 9.46. The number of fused-ring (bicyclic) bond motifs is 8. The summed E-state index contributed by atoms with van der Waals surface area (Å²) in [6.45, 7) is 6.51. The van der Waals surface area contributed by atoms with Crippen molar-refractivity contribution in [2.75, 3.05) is 0 Å². The van der Waals surface area contributed by atoms with Gasteiger partial charge < -0.3 is 4.74 Å². The topological polar surface area (TPSA) is 46.7 Å². The van der Waals surface area contributed by atoms with E-state index in [-0.39, 0.29) is 22.9 Å². The molecule has 5 rings (SSSR count). The van der Waals surface area contributed by atoms with Gasteiger partial charge in [0.05, 0.1) is 12.2 Å². The maximum Gasteiger partial charge on any atom is 0.155 e. The molecule has 5 aliphatic rings. The molecule has 3 saturated carbocycles. The van der Waals surface area contributed by atoms with Crippen LogP contribution >= 0.6 is 0 Å². The van der Waals surface area contributed by atoms with Crippen LogP contribution in [0.25, 0.3) is 0 Å². The van der Waals surface area contributed by atoms with Crippen molar-refractivity contribution in [2.45, 2.75) is 71.5 Å². The number of Topliss-reactive ketones (excluding diaryl/α,β-unsaturated/α-hetero) is 1. The fourth-order valence-corrected chi connectivity index (χ4v) is 7.60. The molecular formula is C21H28O3. The molecule has 3 heteroatoms. The van der Waals surface area contributed by atoms with Crippen molar-refractivity contribution >= 4 is 11.6 Å². The molecule has 4 fully saturated rings. The summed E-state index contributed by atoms with van der Waals surface area (Å²) in [6, 6.07) is 0. The molecule has 0 N–H and O–H groups in total. The van der Waals surface area contributed by atoms with E-state index in [1.54, 1.807) is 6.92 Å². The van der Waals surface area contributed by atoms with Gasteiger partial charge in [0.2, 0.25) is 0 Å². The number of hydrogen-bond donors (Lipinski definition) is 0. The fourth-order valence-electron chi connectivity index (χ4n) is 7.60. The molecule has 130 valence electrons. The van der Waals surface area contributed by atoms with Crippen molar-refractivity contribution in [3.8, 4) is 0 Å². The zero-order chi connectivity index (χ0) is 16.9. The first kappa shape index (κ1) is 15.3.